The minimum atomic E-state index is 0.471. The largest absolute Gasteiger partial charge is 0.491 e. The van der Waals surface area contributed by atoms with E-state index in [1.54, 1.807) is 0 Å². The van der Waals surface area contributed by atoms with E-state index in [4.69, 9.17) is 4.74 Å². The van der Waals surface area contributed by atoms with Crippen LogP contribution < -0.4 is 10.1 Å². The number of nitrogens with one attached hydrogen (secondary N) is 1. The smallest absolute Gasteiger partial charge is 0.147 e. The highest BCUT2D eigenvalue weighted by Gasteiger charge is 2.10. The molecule has 0 amide bonds. The Balaban J connectivity index is 1.85. The van der Waals surface area contributed by atoms with Crippen molar-refractivity contribution < 1.29 is 4.74 Å². The molecular weight excluding hydrogens is 430 g/mol. The van der Waals surface area contributed by atoms with Crippen LogP contribution in [0.25, 0.3) is 0 Å². The molecule has 0 saturated heterocycles. The third kappa shape index (κ3) is 6.23. The van der Waals surface area contributed by atoms with E-state index >= 15 is 0 Å². The molecule has 4 heteroatoms. The highest BCUT2D eigenvalue weighted by Crippen LogP contribution is 2.34. The summed E-state index contributed by atoms with van der Waals surface area (Å²) in [6, 6.07) is 15.4. The molecule has 2 rings (SSSR count). The van der Waals surface area contributed by atoms with Gasteiger partial charge in [0.15, 0.2) is 0 Å². The van der Waals surface area contributed by atoms with E-state index in [1.807, 2.05) is 0 Å². The third-order valence-corrected chi connectivity index (χ3v) is 5.05. The Morgan fingerprint density at radius 1 is 1.04 bits per heavy atom. The summed E-state index contributed by atoms with van der Waals surface area (Å²) in [7, 11) is 0. The number of aryl methyl sites for hydroxylation is 1. The average molecular weight is 455 g/mol. The molecule has 0 saturated carbocycles. The number of rotatable bonds is 9. The molecule has 0 aliphatic rings. The molecule has 0 spiro atoms. The maximum atomic E-state index is 5.77. The van der Waals surface area contributed by atoms with Crippen molar-refractivity contribution in [2.45, 2.75) is 45.7 Å². The number of hydrogen-bond donors (Lipinski definition) is 1. The minimum absolute atomic E-state index is 0.471. The van der Waals surface area contributed by atoms with E-state index in [0.29, 0.717) is 6.04 Å². The van der Waals surface area contributed by atoms with Crippen molar-refractivity contribution in [3.05, 3.63) is 62.5 Å². The summed E-state index contributed by atoms with van der Waals surface area (Å²) in [6.07, 6.45) is 3.23. The van der Waals surface area contributed by atoms with E-state index in [1.165, 1.54) is 11.1 Å². The molecule has 0 heterocycles. The molecule has 0 unspecified atom stereocenters. The first-order valence-corrected chi connectivity index (χ1v) is 10.1. The Kier molecular flexibility index (Phi) is 8.30. The SMILES string of the molecule is CCCOc1c(Br)cc(CN[C@@H](C)CCc2ccccc2)cc1Br. The van der Waals surface area contributed by atoms with Crippen molar-refractivity contribution in [3.8, 4) is 5.75 Å². The summed E-state index contributed by atoms with van der Waals surface area (Å²) < 4.78 is 7.77. The fourth-order valence-electron chi connectivity index (χ4n) is 2.48. The molecule has 2 aromatic carbocycles. The highest BCUT2D eigenvalue weighted by molar-refractivity contribution is 9.11. The molecule has 0 fully saturated rings. The highest BCUT2D eigenvalue weighted by atomic mass is 79.9. The fraction of sp³-hybridized carbons (Fsp3) is 0.400. The molecule has 1 atom stereocenters. The molecular formula is C20H25Br2NO. The first-order valence-electron chi connectivity index (χ1n) is 8.48. The van der Waals surface area contributed by atoms with Gasteiger partial charge in [0, 0.05) is 12.6 Å². The monoisotopic (exact) mass is 453 g/mol. The van der Waals surface area contributed by atoms with Crippen molar-refractivity contribution >= 4 is 31.9 Å². The molecule has 0 aliphatic carbocycles. The second-order valence-electron chi connectivity index (χ2n) is 6.04. The summed E-state index contributed by atoms with van der Waals surface area (Å²) in [5.74, 6) is 0.887. The van der Waals surface area contributed by atoms with Crippen LogP contribution in [0.2, 0.25) is 0 Å². The van der Waals surface area contributed by atoms with Crippen molar-refractivity contribution in [3.63, 3.8) is 0 Å². The molecule has 0 bridgehead atoms. The lowest BCUT2D eigenvalue weighted by molar-refractivity contribution is 0.313. The zero-order valence-electron chi connectivity index (χ0n) is 14.3. The van der Waals surface area contributed by atoms with Gasteiger partial charge in [-0.15, -0.1) is 0 Å². The number of hydrogen-bond acceptors (Lipinski definition) is 2. The quantitative estimate of drug-likeness (QED) is 0.493. The first kappa shape index (κ1) is 19.5. The van der Waals surface area contributed by atoms with Gasteiger partial charge < -0.3 is 10.1 Å². The molecule has 130 valence electrons. The van der Waals surface area contributed by atoms with Crippen molar-refractivity contribution in [2.75, 3.05) is 6.61 Å². The molecule has 0 radical (unpaired) electrons. The maximum absolute atomic E-state index is 5.77. The van der Waals surface area contributed by atoms with Crippen LogP contribution in [0, 0.1) is 0 Å². The van der Waals surface area contributed by atoms with Gasteiger partial charge in [0.05, 0.1) is 15.6 Å². The van der Waals surface area contributed by atoms with E-state index < -0.39 is 0 Å². The molecule has 0 aromatic heterocycles. The number of benzene rings is 2. The van der Waals surface area contributed by atoms with E-state index in [2.05, 4.69) is 93.5 Å². The standard InChI is InChI=1S/C20H25Br2NO/c1-3-11-24-20-18(21)12-17(13-19(20)22)14-23-15(2)9-10-16-7-5-4-6-8-16/h4-8,12-13,15,23H,3,9-11,14H2,1-2H3/t15-/m0/s1. The van der Waals surface area contributed by atoms with Crippen LogP contribution in [0.5, 0.6) is 5.75 Å². The lowest BCUT2D eigenvalue weighted by atomic mass is 10.1. The lowest BCUT2D eigenvalue weighted by Gasteiger charge is -2.16. The zero-order chi connectivity index (χ0) is 17.4. The van der Waals surface area contributed by atoms with Crippen LogP contribution in [0.3, 0.4) is 0 Å². The van der Waals surface area contributed by atoms with Gasteiger partial charge >= 0.3 is 0 Å². The lowest BCUT2D eigenvalue weighted by Crippen LogP contribution is -2.26. The maximum Gasteiger partial charge on any atom is 0.147 e. The number of ether oxygens (including phenoxy) is 1. The van der Waals surface area contributed by atoms with Gasteiger partial charge in [-0.1, -0.05) is 37.3 Å². The summed E-state index contributed by atoms with van der Waals surface area (Å²) in [5.41, 5.74) is 2.64. The molecule has 1 N–H and O–H groups in total. The van der Waals surface area contributed by atoms with Crippen molar-refractivity contribution in [1.82, 2.24) is 5.32 Å². The number of halogens is 2. The topological polar surface area (TPSA) is 21.3 Å². The molecule has 24 heavy (non-hydrogen) atoms. The Labute approximate surface area is 162 Å². The summed E-state index contributed by atoms with van der Waals surface area (Å²) in [6.45, 7) is 5.93. The average Bonchev–Trinajstić information content (AvgIpc) is 2.58. The predicted octanol–water partition coefficient (Wildman–Crippen LogP) is 6.11. The van der Waals surface area contributed by atoms with E-state index in [9.17, 15) is 0 Å². The Bertz CT molecular complexity index is 608. The van der Waals surface area contributed by atoms with Crippen LogP contribution in [0.15, 0.2) is 51.4 Å². The van der Waals surface area contributed by atoms with Crippen LogP contribution in [-0.4, -0.2) is 12.6 Å². The van der Waals surface area contributed by atoms with Crippen molar-refractivity contribution in [2.24, 2.45) is 0 Å². The van der Waals surface area contributed by atoms with Crippen LogP contribution in [0.4, 0.5) is 0 Å². The van der Waals surface area contributed by atoms with Gasteiger partial charge in [0.1, 0.15) is 5.75 Å². The second kappa shape index (κ2) is 10.2. The van der Waals surface area contributed by atoms with Gasteiger partial charge in [-0.2, -0.15) is 0 Å². The Hall–Kier alpha value is -0.840. The third-order valence-electron chi connectivity index (χ3n) is 3.87. The summed E-state index contributed by atoms with van der Waals surface area (Å²) in [5, 5.41) is 3.60. The predicted molar refractivity (Wildman–Crippen MR) is 109 cm³/mol. The molecule has 2 nitrogen and oxygen atoms in total. The zero-order valence-corrected chi connectivity index (χ0v) is 17.5. The normalized spacial score (nSPS) is 12.2. The Morgan fingerprint density at radius 3 is 2.33 bits per heavy atom. The van der Waals surface area contributed by atoms with Crippen LogP contribution >= 0.6 is 31.9 Å². The molecule has 0 aliphatic heterocycles. The van der Waals surface area contributed by atoms with Crippen LogP contribution in [0.1, 0.15) is 37.8 Å². The van der Waals surface area contributed by atoms with E-state index in [0.717, 1.165) is 47.1 Å². The summed E-state index contributed by atoms with van der Waals surface area (Å²) >= 11 is 7.23. The van der Waals surface area contributed by atoms with Gasteiger partial charge in [0.25, 0.3) is 0 Å². The Morgan fingerprint density at radius 2 is 1.71 bits per heavy atom. The van der Waals surface area contributed by atoms with Crippen LogP contribution in [-0.2, 0) is 13.0 Å². The fourth-order valence-corrected chi connectivity index (χ4v) is 3.99. The van der Waals surface area contributed by atoms with Gasteiger partial charge in [0.2, 0.25) is 0 Å². The van der Waals surface area contributed by atoms with Gasteiger partial charge in [-0.05, 0) is 81.3 Å². The molecule has 2 aromatic rings. The summed E-state index contributed by atoms with van der Waals surface area (Å²) in [4.78, 5) is 0. The second-order valence-corrected chi connectivity index (χ2v) is 7.75. The first-order chi connectivity index (χ1) is 11.6. The van der Waals surface area contributed by atoms with E-state index in [-0.39, 0.29) is 0 Å². The minimum Gasteiger partial charge on any atom is -0.491 e. The van der Waals surface area contributed by atoms with Gasteiger partial charge in [-0.3, -0.25) is 0 Å². The van der Waals surface area contributed by atoms with Gasteiger partial charge in [-0.25, -0.2) is 0 Å². The van der Waals surface area contributed by atoms with Crippen molar-refractivity contribution in [1.29, 1.82) is 0 Å².